The van der Waals surface area contributed by atoms with Crippen LogP contribution in [0.1, 0.15) is 54.9 Å². The van der Waals surface area contributed by atoms with Gasteiger partial charge in [0.1, 0.15) is 12.6 Å². The maximum Gasteiger partial charge on any atom is 0.264 e. The monoisotopic (exact) mass is 575 g/mol. The van der Waals surface area contributed by atoms with Gasteiger partial charge in [0.05, 0.1) is 10.6 Å². The first-order valence-electron chi connectivity index (χ1n) is 14.4. The van der Waals surface area contributed by atoms with Crippen LogP contribution in [0.3, 0.4) is 0 Å². The molecule has 0 spiro atoms. The zero-order chi connectivity index (χ0) is 29.6. The van der Waals surface area contributed by atoms with Gasteiger partial charge in [0.25, 0.3) is 10.0 Å². The molecule has 0 bridgehead atoms. The molecule has 0 heterocycles. The lowest BCUT2D eigenvalue weighted by Gasteiger charge is -2.33. The smallest absolute Gasteiger partial charge is 0.264 e. The van der Waals surface area contributed by atoms with Crippen molar-refractivity contribution in [2.24, 2.45) is 0 Å². The molecule has 0 aromatic heterocycles. The second kappa shape index (κ2) is 13.3. The molecule has 41 heavy (non-hydrogen) atoms. The summed E-state index contributed by atoms with van der Waals surface area (Å²) in [5.41, 5.74) is 4.15. The van der Waals surface area contributed by atoms with Crippen LogP contribution in [0.5, 0.6) is 0 Å². The number of benzene rings is 3. The summed E-state index contributed by atoms with van der Waals surface area (Å²) in [6.07, 6.45) is 4.58. The maximum atomic E-state index is 14.1. The van der Waals surface area contributed by atoms with Crippen molar-refractivity contribution in [1.29, 1.82) is 0 Å². The van der Waals surface area contributed by atoms with Crippen molar-refractivity contribution in [1.82, 2.24) is 10.2 Å². The minimum absolute atomic E-state index is 0.110. The number of nitrogens with one attached hydrogen (secondary N) is 1. The van der Waals surface area contributed by atoms with Crippen molar-refractivity contribution in [3.63, 3.8) is 0 Å². The summed E-state index contributed by atoms with van der Waals surface area (Å²) >= 11 is 0. The van der Waals surface area contributed by atoms with Crippen LogP contribution in [0.15, 0.2) is 77.7 Å². The molecule has 0 saturated heterocycles. The molecule has 1 aliphatic rings. The van der Waals surface area contributed by atoms with Gasteiger partial charge in [-0.3, -0.25) is 13.9 Å². The predicted octanol–water partition coefficient (Wildman–Crippen LogP) is 5.33. The molecule has 1 atom stereocenters. The Kier molecular flexibility index (Phi) is 9.86. The summed E-state index contributed by atoms with van der Waals surface area (Å²) in [4.78, 5) is 29.0. The minimum atomic E-state index is -4.08. The molecule has 1 fully saturated rings. The molecular formula is C33H41N3O4S. The number of sulfonamides is 1. The first-order chi connectivity index (χ1) is 19.6. The average Bonchev–Trinajstić information content (AvgIpc) is 3.46. The number of amides is 2. The highest BCUT2D eigenvalue weighted by Crippen LogP contribution is 2.28. The summed E-state index contributed by atoms with van der Waals surface area (Å²) in [5, 5.41) is 3.11. The third-order valence-corrected chi connectivity index (χ3v) is 9.64. The number of nitrogens with zero attached hydrogens (tertiary/aromatic N) is 2. The van der Waals surface area contributed by atoms with Crippen LogP contribution in [0.2, 0.25) is 0 Å². The SMILES string of the molecule is Cc1ccc(S(=O)(=O)N(CC(=O)N(CCc2ccccc2)C(C)C(=O)NC2CCCC2)c2ccc(C)cc2C)cc1. The summed E-state index contributed by atoms with van der Waals surface area (Å²) in [6, 6.07) is 21.3. The Hall–Kier alpha value is -3.65. The van der Waals surface area contributed by atoms with Gasteiger partial charge in [-0.2, -0.15) is 0 Å². The largest absolute Gasteiger partial charge is 0.352 e. The van der Waals surface area contributed by atoms with E-state index in [4.69, 9.17) is 0 Å². The number of rotatable bonds is 11. The van der Waals surface area contributed by atoms with Gasteiger partial charge >= 0.3 is 0 Å². The molecule has 218 valence electrons. The molecule has 1 unspecified atom stereocenters. The Labute approximate surface area is 244 Å². The molecule has 8 heteroatoms. The van der Waals surface area contributed by atoms with Crippen LogP contribution < -0.4 is 9.62 Å². The molecule has 1 saturated carbocycles. The van der Waals surface area contributed by atoms with Crippen LogP contribution in [0, 0.1) is 20.8 Å². The van der Waals surface area contributed by atoms with E-state index in [-0.39, 0.29) is 23.4 Å². The average molecular weight is 576 g/mol. The lowest BCUT2D eigenvalue weighted by molar-refractivity contribution is -0.139. The quantitative estimate of drug-likeness (QED) is 0.335. The summed E-state index contributed by atoms with van der Waals surface area (Å²) in [5.74, 6) is -0.636. The minimum Gasteiger partial charge on any atom is -0.352 e. The Morgan fingerprint density at radius 2 is 1.54 bits per heavy atom. The van der Waals surface area contributed by atoms with Gasteiger partial charge in [-0.15, -0.1) is 0 Å². The summed E-state index contributed by atoms with van der Waals surface area (Å²) < 4.78 is 29.2. The number of carbonyl (C=O) groups is 2. The molecule has 1 N–H and O–H groups in total. The van der Waals surface area contributed by atoms with E-state index < -0.39 is 28.5 Å². The third kappa shape index (κ3) is 7.55. The van der Waals surface area contributed by atoms with Crippen LogP contribution in [0.4, 0.5) is 5.69 Å². The Bertz CT molecular complexity index is 1450. The molecule has 7 nitrogen and oxygen atoms in total. The van der Waals surface area contributed by atoms with E-state index in [1.165, 1.54) is 9.21 Å². The Morgan fingerprint density at radius 3 is 2.17 bits per heavy atom. The maximum absolute atomic E-state index is 14.1. The van der Waals surface area contributed by atoms with Gasteiger partial charge < -0.3 is 10.2 Å². The van der Waals surface area contributed by atoms with Gasteiger partial charge in [0.2, 0.25) is 11.8 Å². The van der Waals surface area contributed by atoms with E-state index >= 15 is 0 Å². The third-order valence-electron chi connectivity index (χ3n) is 7.86. The zero-order valence-corrected chi connectivity index (χ0v) is 25.3. The van der Waals surface area contributed by atoms with E-state index in [0.29, 0.717) is 12.1 Å². The molecule has 3 aromatic carbocycles. The molecule has 1 aliphatic carbocycles. The zero-order valence-electron chi connectivity index (χ0n) is 24.5. The molecule has 3 aromatic rings. The number of hydrogen-bond donors (Lipinski definition) is 1. The fourth-order valence-electron chi connectivity index (χ4n) is 5.40. The lowest BCUT2D eigenvalue weighted by atomic mass is 10.1. The van der Waals surface area contributed by atoms with Crippen molar-refractivity contribution in [3.8, 4) is 0 Å². The van der Waals surface area contributed by atoms with Gasteiger partial charge in [-0.05, 0) is 76.3 Å². The Balaban J connectivity index is 1.67. The highest BCUT2D eigenvalue weighted by atomic mass is 32.2. The number of hydrogen-bond acceptors (Lipinski definition) is 4. The van der Waals surface area contributed by atoms with Crippen molar-refractivity contribution in [2.75, 3.05) is 17.4 Å². The number of anilines is 1. The fraction of sp³-hybridized carbons (Fsp3) is 0.394. The number of carbonyl (C=O) groups excluding carboxylic acids is 2. The second-order valence-electron chi connectivity index (χ2n) is 11.1. The molecule has 2 amide bonds. The second-order valence-corrected chi connectivity index (χ2v) is 13.0. The van der Waals surface area contributed by atoms with Crippen LogP contribution in [0.25, 0.3) is 0 Å². The summed E-state index contributed by atoms with van der Waals surface area (Å²) in [7, 11) is -4.08. The van der Waals surface area contributed by atoms with E-state index in [9.17, 15) is 18.0 Å². The van der Waals surface area contributed by atoms with Crippen LogP contribution in [-0.2, 0) is 26.0 Å². The number of aryl methyl sites for hydroxylation is 3. The normalized spacial score (nSPS) is 14.4. The van der Waals surface area contributed by atoms with Gasteiger partial charge in [0.15, 0.2) is 0 Å². The fourth-order valence-corrected chi connectivity index (χ4v) is 6.88. The van der Waals surface area contributed by atoms with Crippen molar-refractivity contribution < 1.29 is 18.0 Å². The van der Waals surface area contributed by atoms with E-state index in [0.717, 1.165) is 47.9 Å². The van der Waals surface area contributed by atoms with E-state index in [2.05, 4.69) is 5.32 Å². The van der Waals surface area contributed by atoms with Gasteiger partial charge in [0, 0.05) is 12.6 Å². The topological polar surface area (TPSA) is 86.8 Å². The van der Waals surface area contributed by atoms with Crippen LogP contribution in [-0.4, -0.2) is 50.3 Å². The molecule has 4 rings (SSSR count). The predicted molar refractivity (Wildman–Crippen MR) is 163 cm³/mol. The molecule has 0 aliphatic heterocycles. The molecule has 0 radical (unpaired) electrons. The van der Waals surface area contributed by atoms with Crippen molar-refractivity contribution in [3.05, 3.63) is 95.1 Å². The van der Waals surface area contributed by atoms with Crippen molar-refractivity contribution in [2.45, 2.75) is 76.8 Å². The summed E-state index contributed by atoms with van der Waals surface area (Å²) in [6.45, 7) is 7.27. The van der Waals surface area contributed by atoms with Crippen molar-refractivity contribution >= 4 is 27.5 Å². The highest BCUT2D eigenvalue weighted by molar-refractivity contribution is 7.92. The lowest BCUT2D eigenvalue weighted by Crippen LogP contribution is -2.53. The first kappa shape index (κ1) is 30.3. The van der Waals surface area contributed by atoms with Gasteiger partial charge in [-0.1, -0.05) is 78.6 Å². The first-order valence-corrected chi connectivity index (χ1v) is 15.8. The highest BCUT2D eigenvalue weighted by Gasteiger charge is 2.33. The van der Waals surface area contributed by atoms with E-state index in [1.54, 1.807) is 37.3 Å². The van der Waals surface area contributed by atoms with Gasteiger partial charge in [-0.25, -0.2) is 8.42 Å². The Morgan fingerprint density at radius 1 is 0.902 bits per heavy atom. The van der Waals surface area contributed by atoms with Crippen LogP contribution >= 0.6 is 0 Å². The van der Waals surface area contributed by atoms with E-state index in [1.807, 2.05) is 63.2 Å². The standard InChI is InChI=1S/C33H41N3O4S/c1-24-14-17-30(18-15-24)41(39,40)36(31-19-16-25(2)22-26(31)3)23-32(37)35(21-20-28-10-6-5-7-11-28)27(4)33(38)34-29-12-8-9-13-29/h5-7,10-11,14-19,22,27,29H,8-9,12-13,20-21,23H2,1-4H3,(H,34,38). The molecular weight excluding hydrogens is 534 g/mol.